The van der Waals surface area contributed by atoms with Gasteiger partial charge in [0.25, 0.3) is 5.56 Å². The van der Waals surface area contributed by atoms with E-state index in [9.17, 15) is 4.79 Å². The summed E-state index contributed by atoms with van der Waals surface area (Å²) in [6.45, 7) is 8.56. The van der Waals surface area contributed by atoms with E-state index < -0.39 is 0 Å². The molecule has 2 heterocycles. The normalized spacial score (nSPS) is 17.1. The topological polar surface area (TPSA) is 55.1 Å². The van der Waals surface area contributed by atoms with E-state index in [0.717, 1.165) is 48.9 Å². The van der Waals surface area contributed by atoms with Gasteiger partial charge in [-0.15, -0.1) is 11.7 Å². The molecule has 0 aliphatic heterocycles. The standard InChI is InChI=1S/C22H24N4OS/c1-4-11-25-19(27)17-18(26-20(25)23-24-21(26)28)16-14(3)8-7-13(2)15(16)12-22(17)9-5-6-10-22/h4,7-8H,1,5-6,9-12H2,2-3H3,(H,24,28). The maximum Gasteiger partial charge on any atom is 0.259 e. The summed E-state index contributed by atoms with van der Waals surface area (Å²) in [6.07, 6.45) is 7.10. The Morgan fingerprint density at radius 1 is 1.29 bits per heavy atom. The Labute approximate surface area is 168 Å². The van der Waals surface area contributed by atoms with Gasteiger partial charge in [0.15, 0.2) is 0 Å². The SMILES string of the molecule is C=CCn1c(=O)c2c(n3c(=S)[nH]nc13)-c1c(C)ccc(C)c1CC21CCCC1. The fraction of sp³-hybridized carbons (Fsp3) is 0.409. The van der Waals surface area contributed by atoms with Crippen molar-refractivity contribution in [3.05, 3.63) is 62.2 Å². The first-order chi connectivity index (χ1) is 13.5. The summed E-state index contributed by atoms with van der Waals surface area (Å²) >= 11 is 5.63. The van der Waals surface area contributed by atoms with Gasteiger partial charge < -0.3 is 0 Å². The maximum atomic E-state index is 13.8. The molecule has 2 aliphatic carbocycles. The Morgan fingerprint density at radius 3 is 2.71 bits per heavy atom. The van der Waals surface area contributed by atoms with Gasteiger partial charge in [-0.2, -0.15) is 0 Å². The number of H-pyrrole nitrogens is 1. The van der Waals surface area contributed by atoms with Crippen LogP contribution in [0.1, 0.15) is 47.9 Å². The van der Waals surface area contributed by atoms with Crippen molar-refractivity contribution in [2.24, 2.45) is 0 Å². The van der Waals surface area contributed by atoms with Gasteiger partial charge in [0, 0.05) is 23.1 Å². The fourth-order valence-corrected chi connectivity index (χ4v) is 5.67. The summed E-state index contributed by atoms with van der Waals surface area (Å²) < 4.78 is 4.24. The lowest BCUT2D eigenvalue weighted by molar-refractivity contribution is 0.421. The molecule has 6 heteroatoms. The molecule has 28 heavy (non-hydrogen) atoms. The molecule has 5 nitrogen and oxygen atoms in total. The number of benzene rings is 1. The third kappa shape index (κ3) is 2.15. The minimum atomic E-state index is -0.110. The number of nitrogens with one attached hydrogen (secondary N) is 1. The quantitative estimate of drug-likeness (QED) is 0.520. The molecule has 0 unspecified atom stereocenters. The van der Waals surface area contributed by atoms with Gasteiger partial charge in [-0.05, 0) is 62.0 Å². The Balaban J connectivity index is 2.05. The molecule has 1 N–H and O–H groups in total. The van der Waals surface area contributed by atoms with Gasteiger partial charge in [0.2, 0.25) is 10.5 Å². The summed E-state index contributed by atoms with van der Waals surface area (Å²) in [7, 11) is 0. The number of rotatable bonds is 2. The number of aryl methyl sites for hydroxylation is 2. The smallest absolute Gasteiger partial charge is 0.259 e. The highest BCUT2D eigenvalue weighted by Gasteiger charge is 2.45. The molecule has 1 saturated carbocycles. The Hall–Kier alpha value is -2.47. The lowest BCUT2D eigenvalue weighted by atomic mass is 9.67. The molecule has 1 aromatic carbocycles. The average molecular weight is 393 g/mol. The zero-order chi connectivity index (χ0) is 19.6. The summed E-state index contributed by atoms with van der Waals surface area (Å²) in [6, 6.07) is 4.35. The van der Waals surface area contributed by atoms with Crippen molar-refractivity contribution in [2.45, 2.75) is 57.9 Å². The van der Waals surface area contributed by atoms with Crippen molar-refractivity contribution in [2.75, 3.05) is 0 Å². The van der Waals surface area contributed by atoms with Gasteiger partial charge in [-0.1, -0.05) is 31.1 Å². The monoisotopic (exact) mass is 392 g/mol. The van der Waals surface area contributed by atoms with Crippen LogP contribution in [0.3, 0.4) is 0 Å². The molecule has 2 aromatic heterocycles. The molecule has 0 radical (unpaired) electrons. The summed E-state index contributed by atoms with van der Waals surface area (Å²) in [4.78, 5) is 13.8. The van der Waals surface area contributed by atoms with Crippen LogP contribution < -0.4 is 5.56 Å². The lowest BCUT2D eigenvalue weighted by Gasteiger charge is -2.38. The van der Waals surface area contributed by atoms with Gasteiger partial charge in [-0.25, -0.2) is 5.10 Å². The lowest BCUT2D eigenvalue weighted by Crippen LogP contribution is -2.41. The number of hydrogen-bond acceptors (Lipinski definition) is 3. The summed E-state index contributed by atoms with van der Waals surface area (Å²) in [5.41, 5.74) is 6.83. The zero-order valence-corrected chi connectivity index (χ0v) is 17.2. The number of hydrogen-bond donors (Lipinski definition) is 1. The van der Waals surface area contributed by atoms with E-state index in [4.69, 9.17) is 12.2 Å². The molecule has 2 aliphatic rings. The van der Waals surface area contributed by atoms with Gasteiger partial charge in [-0.3, -0.25) is 13.8 Å². The zero-order valence-electron chi connectivity index (χ0n) is 16.3. The van der Waals surface area contributed by atoms with Crippen LogP contribution in [0.2, 0.25) is 0 Å². The highest BCUT2D eigenvalue weighted by atomic mass is 32.1. The first-order valence-electron chi connectivity index (χ1n) is 9.93. The van der Waals surface area contributed by atoms with E-state index in [-0.39, 0.29) is 11.0 Å². The van der Waals surface area contributed by atoms with E-state index in [0.29, 0.717) is 17.1 Å². The second-order valence-electron chi connectivity index (χ2n) is 8.31. The molecule has 0 amide bonds. The van der Waals surface area contributed by atoms with Crippen molar-refractivity contribution in [1.82, 2.24) is 19.2 Å². The third-order valence-corrected chi connectivity index (χ3v) is 7.00. The number of aromatic amines is 1. The minimum Gasteiger partial charge on any atom is -0.273 e. The van der Waals surface area contributed by atoms with Gasteiger partial charge >= 0.3 is 0 Å². The van der Waals surface area contributed by atoms with Crippen LogP contribution in [0.4, 0.5) is 0 Å². The van der Waals surface area contributed by atoms with Crippen molar-refractivity contribution in [3.8, 4) is 11.3 Å². The van der Waals surface area contributed by atoms with E-state index in [1.807, 2.05) is 4.40 Å². The van der Waals surface area contributed by atoms with Crippen LogP contribution >= 0.6 is 12.2 Å². The van der Waals surface area contributed by atoms with Crippen molar-refractivity contribution in [1.29, 1.82) is 0 Å². The predicted octanol–water partition coefficient (Wildman–Crippen LogP) is 4.39. The minimum absolute atomic E-state index is 0.0601. The molecule has 1 spiro atoms. The van der Waals surface area contributed by atoms with E-state index in [1.165, 1.54) is 16.7 Å². The Bertz CT molecular complexity index is 1250. The third-order valence-electron chi connectivity index (χ3n) is 6.73. The molecule has 0 bridgehead atoms. The molecule has 3 aromatic rings. The van der Waals surface area contributed by atoms with Crippen LogP contribution in [-0.2, 0) is 18.4 Å². The Morgan fingerprint density at radius 2 is 2.00 bits per heavy atom. The van der Waals surface area contributed by atoms with Crippen LogP contribution in [0.25, 0.3) is 17.0 Å². The van der Waals surface area contributed by atoms with E-state index in [2.05, 4.69) is 42.8 Å². The molecule has 0 saturated heterocycles. The molecule has 5 rings (SSSR count). The molecular formula is C22H24N4OS. The number of allylic oxidation sites excluding steroid dienone is 1. The molecule has 0 atom stereocenters. The largest absolute Gasteiger partial charge is 0.273 e. The number of aromatic nitrogens is 4. The second kappa shape index (κ2) is 6.01. The van der Waals surface area contributed by atoms with Crippen LogP contribution in [0.5, 0.6) is 0 Å². The predicted molar refractivity (Wildman–Crippen MR) is 114 cm³/mol. The van der Waals surface area contributed by atoms with Crippen molar-refractivity contribution >= 4 is 18.0 Å². The van der Waals surface area contributed by atoms with E-state index >= 15 is 0 Å². The highest BCUT2D eigenvalue weighted by molar-refractivity contribution is 7.71. The van der Waals surface area contributed by atoms with Crippen molar-refractivity contribution < 1.29 is 0 Å². The average Bonchev–Trinajstić information content (AvgIpc) is 3.28. The molecule has 1 fully saturated rings. The van der Waals surface area contributed by atoms with Crippen LogP contribution in [0, 0.1) is 18.6 Å². The highest BCUT2D eigenvalue weighted by Crippen LogP contribution is 2.51. The fourth-order valence-electron chi connectivity index (χ4n) is 5.45. The van der Waals surface area contributed by atoms with Crippen molar-refractivity contribution in [3.63, 3.8) is 0 Å². The number of fused-ring (bicyclic) bond motifs is 6. The van der Waals surface area contributed by atoms with Gasteiger partial charge in [0.1, 0.15) is 0 Å². The second-order valence-corrected chi connectivity index (χ2v) is 8.70. The van der Waals surface area contributed by atoms with Crippen LogP contribution in [0.15, 0.2) is 29.6 Å². The first-order valence-corrected chi connectivity index (χ1v) is 10.3. The van der Waals surface area contributed by atoms with Gasteiger partial charge in [0.05, 0.1) is 5.69 Å². The summed E-state index contributed by atoms with van der Waals surface area (Å²) in [5, 5.41) is 7.33. The molecular weight excluding hydrogens is 368 g/mol. The summed E-state index contributed by atoms with van der Waals surface area (Å²) in [5.74, 6) is 0.565. The van der Waals surface area contributed by atoms with E-state index in [1.54, 1.807) is 10.6 Å². The maximum absolute atomic E-state index is 13.8. The van der Waals surface area contributed by atoms with Crippen LogP contribution in [-0.4, -0.2) is 19.2 Å². The first kappa shape index (κ1) is 17.6. The number of nitrogens with zero attached hydrogens (tertiary/aromatic N) is 3. The Kier molecular flexibility index (Phi) is 3.78. The molecule has 144 valence electrons.